The predicted molar refractivity (Wildman–Crippen MR) is 78.4 cm³/mol. The van der Waals surface area contributed by atoms with Crippen molar-refractivity contribution in [1.82, 2.24) is 9.29 Å². The molecule has 3 N–H and O–H groups in total. The summed E-state index contributed by atoms with van der Waals surface area (Å²) in [6, 6.07) is 3.11. The van der Waals surface area contributed by atoms with Crippen molar-refractivity contribution in [3.63, 3.8) is 0 Å². The van der Waals surface area contributed by atoms with Crippen molar-refractivity contribution >= 4 is 15.8 Å². The summed E-state index contributed by atoms with van der Waals surface area (Å²) in [6.07, 6.45) is 5.44. The number of sulfonamides is 1. The van der Waals surface area contributed by atoms with Gasteiger partial charge < -0.3 is 5.43 Å². The van der Waals surface area contributed by atoms with Gasteiger partial charge in [0.2, 0.25) is 10.0 Å². The van der Waals surface area contributed by atoms with Gasteiger partial charge in [-0.1, -0.05) is 13.3 Å². The van der Waals surface area contributed by atoms with Crippen LogP contribution in [0.3, 0.4) is 0 Å². The van der Waals surface area contributed by atoms with Gasteiger partial charge in [-0.2, -0.15) is 4.31 Å². The smallest absolute Gasteiger partial charge is 0.244 e. The largest absolute Gasteiger partial charge is 0.308 e. The minimum Gasteiger partial charge on any atom is -0.308 e. The van der Waals surface area contributed by atoms with Gasteiger partial charge >= 0.3 is 0 Å². The molecule has 7 heteroatoms. The van der Waals surface area contributed by atoms with Gasteiger partial charge in [0.1, 0.15) is 10.7 Å². The molecule has 0 aromatic carbocycles. The van der Waals surface area contributed by atoms with Gasteiger partial charge in [0.25, 0.3) is 0 Å². The van der Waals surface area contributed by atoms with Crippen LogP contribution in [0.25, 0.3) is 0 Å². The maximum atomic E-state index is 12.6. The van der Waals surface area contributed by atoms with E-state index in [-0.39, 0.29) is 4.90 Å². The third-order valence-electron chi connectivity index (χ3n) is 3.91. The number of hydrazine groups is 1. The second-order valence-corrected chi connectivity index (χ2v) is 7.07. The van der Waals surface area contributed by atoms with Crippen LogP contribution in [0.4, 0.5) is 5.82 Å². The van der Waals surface area contributed by atoms with Crippen LogP contribution in [-0.2, 0) is 10.0 Å². The second kappa shape index (κ2) is 6.51. The lowest BCUT2D eigenvalue weighted by Gasteiger charge is -2.20. The first-order valence-corrected chi connectivity index (χ1v) is 8.44. The van der Waals surface area contributed by atoms with Gasteiger partial charge in [0.05, 0.1) is 0 Å². The summed E-state index contributed by atoms with van der Waals surface area (Å²) in [7, 11) is -3.44. The topological polar surface area (TPSA) is 88.3 Å². The number of nitrogens with two attached hydrogens (primary N) is 1. The molecule has 1 saturated heterocycles. The van der Waals surface area contributed by atoms with E-state index in [9.17, 15) is 8.42 Å². The molecule has 0 spiro atoms. The summed E-state index contributed by atoms with van der Waals surface area (Å²) < 4.78 is 26.7. The first kappa shape index (κ1) is 15.2. The van der Waals surface area contributed by atoms with E-state index in [2.05, 4.69) is 17.3 Å². The predicted octanol–water partition coefficient (Wildman–Crippen LogP) is 1.57. The first-order valence-electron chi connectivity index (χ1n) is 7.00. The highest BCUT2D eigenvalue weighted by atomic mass is 32.2. The average molecular weight is 298 g/mol. The lowest BCUT2D eigenvalue weighted by Crippen LogP contribution is -2.32. The molecule has 1 aromatic heterocycles. The van der Waals surface area contributed by atoms with Crippen LogP contribution in [0.15, 0.2) is 23.2 Å². The zero-order chi connectivity index (χ0) is 14.6. The highest BCUT2D eigenvalue weighted by Gasteiger charge is 2.27. The van der Waals surface area contributed by atoms with Crippen LogP contribution < -0.4 is 11.3 Å². The minimum atomic E-state index is -3.44. The van der Waals surface area contributed by atoms with Gasteiger partial charge in [0.15, 0.2) is 0 Å². The van der Waals surface area contributed by atoms with Crippen LogP contribution in [-0.4, -0.2) is 30.8 Å². The summed E-state index contributed by atoms with van der Waals surface area (Å²) in [5.74, 6) is 6.32. The number of nitrogens with one attached hydrogen (secondary N) is 1. The molecule has 112 valence electrons. The standard InChI is InChI=1S/C13H22N4O2S/c1-2-11-4-3-8-17(9-7-11)20(18,19)12-5-6-13(16-14)15-10-12/h5-6,10-11H,2-4,7-9,14H2,1H3,(H,15,16). The highest BCUT2D eigenvalue weighted by Crippen LogP contribution is 2.24. The van der Waals surface area contributed by atoms with E-state index in [0.717, 1.165) is 25.7 Å². The number of hydrogen-bond donors (Lipinski definition) is 2. The van der Waals surface area contributed by atoms with Crippen molar-refractivity contribution in [2.24, 2.45) is 11.8 Å². The zero-order valence-corrected chi connectivity index (χ0v) is 12.6. The molecule has 1 atom stereocenters. The van der Waals surface area contributed by atoms with E-state index < -0.39 is 10.0 Å². The maximum Gasteiger partial charge on any atom is 0.244 e. The Balaban J connectivity index is 2.16. The fourth-order valence-corrected chi connectivity index (χ4v) is 3.99. The van der Waals surface area contributed by atoms with E-state index in [1.807, 2.05) is 0 Å². The quantitative estimate of drug-likeness (QED) is 0.650. The molecule has 1 fully saturated rings. The Hall–Kier alpha value is -1.18. The minimum absolute atomic E-state index is 0.228. The molecule has 0 radical (unpaired) electrons. The fraction of sp³-hybridized carbons (Fsp3) is 0.615. The Morgan fingerprint density at radius 2 is 2.20 bits per heavy atom. The molecule has 6 nitrogen and oxygen atoms in total. The van der Waals surface area contributed by atoms with Gasteiger partial charge in [-0.15, -0.1) is 0 Å². The van der Waals surface area contributed by atoms with Crippen molar-refractivity contribution in [1.29, 1.82) is 0 Å². The lowest BCUT2D eigenvalue weighted by atomic mass is 9.98. The van der Waals surface area contributed by atoms with Crippen LogP contribution in [0.5, 0.6) is 0 Å². The number of nitrogens with zero attached hydrogens (tertiary/aromatic N) is 2. The van der Waals surface area contributed by atoms with Gasteiger partial charge in [-0.25, -0.2) is 19.2 Å². The van der Waals surface area contributed by atoms with Crippen molar-refractivity contribution in [3.05, 3.63) is 18.3 Å². The molecule has 1 unspecified atom stereocenters. The van der Waals surface area contributed by atoms with Crippen molar-refractivity contribution in [2.75, 3.05) is 18.5 Å². The third-order valence-corrected chi connectivity index (χ3v) is 5.79. The molecule has 2 rings (SSSR count). The number of aromatic nitrogens is 1. The van der Waals surface area contributed by atoms with E-state index >= 15 is 0 Å². The average Bonchev–Trinajstić information content (AvgIpc) is 2.73. The van der Waals surface area contributed by atoms with Crippen LogP contribution >= 0.6 is 0 Å². The molecule has 0 bridgehead atoms. The summed E-state index contributed by atoms with van der Waals surface area (Å²) in [5.41, 5.74) is 2.39. The van der Waals surface area contributed by atoms with E-state index in [1.54, 1.807) is 16.4 Å². The number of pyridine rings is 1. The van der Waals surface area contributed by atoms with E-state index in [1.165, 1.54) is 6.20 Å². The van der Waals surface area contributed by atoms with Gasteiger partial charge in [-0.3, -0.25) is 0 Å². The highest BCUT2D eigenvalue weighted by molar-refractivity contribution is 7.89. The van der Waals surface area contributed by atoms with Gasteiger partial charge in [0, 0.05) is 19.3 Å². The Morgan fingerprint density at radius 1 is 1.40 bits per heavy atom. The number of hydrogen-bond acceptors (Lipinski definition) is 5. The Labute approximate surface area is 120 Å². The Bertz CT molecular complexity index is 530. The first-order chi connectivity index (χ1) is 9.57. The number of rotatable bonds is 4. The summed E-state index contributed by atoms with van der Waals surface area (Å²) in [4.78, 5) is 4.20. The van der Waals surface area contributed by atoms with E-state index in [0.29, 0.717) is 24.8 Å². The number of nitrogen functional groups attached to an aromatic ring is 1. The molecular formula is C13H22N4O2S. The van der Waals surface area contributed by atoms with Crippen molar-refractivity contribution in [3.8, 4) is 0 Å². The molecule has 1 aliphatic heterocycles. The molecule has 1 aliphatic rings. The lowest BCUT2D eigenvalue weighted by molar-refractivity contribution is 0.407. The SMILES string of the molecule is CCC1CCCN(S(=O)(=O)c2ccc(NN)nc2)CC1. The normalized spacial score (nSPS) is 21.4. The Morgan fingerprint density at radius 3 is 2.80 bits per heavy atom. The number of anilines is 1. The molecule has 2 heterocycles. The van der Waals surface area contributed by atoms with Crippen LogP contribution in [0.2, 0.25) is 0 Å². The monoisotopic (exact) mass is 298 g/mol. The molecule has 0 amide bonds. The Kier molecular flexibility index (Phi) is 4.95. The summed E-state index contributed by atoms with van der Waals surface area (Å²) in [6.45, 7) is 3.35. The second-order valence-electron chi connectivity index (χ2n) is 5.13. The van der Waals surface area contributed by atoms with Crippen molar-refractivity contribution < 1.29 is 8.42 Å². The fourth-order valence-electron chi connectivity index (χ4n) is 2.55. The molecule has 0 aliphatic carbocycles. The van der Waals surface area contributed by atoms with Crippen LogP contribution in [0.1, 0.15) is 32.6 Å². The van der Waals surface area contributed by atoms with E-state index in [4.69, 9.17) is 5.84 Å². The van der Waals surface area contributed by atoms with Crippen molar-refractivity contribution in [2.45, 2.75) is 37.5 Å². The zero-order valence-electron chi connectivity index (χ0n) is 11.7. The van der Waals surface area contributed by atoms with Gasteiger partial charge in [-0.05, 0) is 37.3 Å². The molecule has 0 saturated carbocycles. The van der Waals surface area contributed by atoms with Crippen LogP contribution in [0, 0.1) is 5.92 Å². The molecule has 20 heavy (non-hydrogen) atoms. The summed E-state index contributed by atoms with van der Waals surface area (Å²) >= 11 is 0. The molecule has 1 aromatic rings. The third kappa shape index (κ3) is 3.28. The summed E-state index contributed by atoms with van der Waals surface area (Å²) in [5, 5.41) is 0. The molecular weight excluding hydrogens is 276 g/mol. The maximum absolute atomic E-state index is 12.6.